The molecular formula is C13H10N2OS2. The van der Waals surface area contributed by atoms with Crippen LogP contribution in [0.5, 0.6) is 0 Å². The maximum Gasteiger partial charge on any atom is 0.260 e. The lowest BCUT2D eigenvalue weighted by atomic mass is 10.2. The molecule has 1 aromatic heterocycles. The first-order chi connectivity index (χ1) is 8.67. The minimum absolute atomic E-state index is 0.0223. The van der Waals surface area contributed by atoms with Crippen LogP contribution < -0.4 is 5.73 Å². The van der Waals surface area contributed by atoms with Crippen molar-refractivity contribution < 1.29 is 4.79 Å². The van der Waals surface area contributed by atoms with E-state index in [0.717, 1.165) is 15.0 Å². The van der Waals surface area contributed by atoms with Crippen molar-refractivity contribution in [1.29, 1.82) is 5.26 Å². The van der Waals surface area contributed by atoms with Crippen LogP contribution in [-0.4, -0.2) is 12.2 Å². The van der Waals surface area contributed by atoms with E-state index in [1.807, 2.05) is 42.7 Å². The van der Waals surface area contributed by atoms with Gasteiger partial charge in [-0.2, -0.15) is 5.26 Å². The maximum absolute atomic E-state index is 11.3. The van der Waals surface area contributed by atoms with Gasteiger partial charge in [0.05, 0.1) is 0 Å². The van der Waals surface area contributed by atoms with Crippen LogP contribution in [0.2, 0.25) is 0 Å². The van der Waals surface area contributed by atoms with Gasteiger partial charge in [0.25, 0.3) is 5.91 Å². The third-order valence-electron chi connectivity index (χ3n) is 2.44. The quantitative estimate of drug-likeness (QED) is 0.691. The molecule has 0 saturated carbocycles. The van der Waals surface area contributed by atoms with Crippen molar-refractivity contribution in [2.24, 2.45) is 5.73 Å². The summed E-state index contributed by atoms with van der Waals surface area (Å²) in [5.74, 6) is -0.681. The molecule has 1 heterocycles. The Morgan fingerprint density at radius 3 is 2.72 bits per heavy atom. The average Bonchev–Trinajstić information content (AvgIpc) is 2.78. The normalized spacial score (nSPS) is 12.0. The number of hydrogen-bond acceptors (Lipinski definition) is 4. The van der Waals surface area contributed by atoms with Gasteiger partial charge in [0.15, 0.2) is 0 Å². The molecule has 18 heavy (non-hydrogen) atoms. The van der Waals surface area contributed by atoms with Crippen molar-refractivity contribution in [3.63, 3.8) is 0 Å². The highest BCUT2D eigenvalue weighted by Crippen LogP contribution is 2.36. The first-order valence-corrected chi connectivity index (χ1v) is 7.18. The number of benzene rings is 1. The highest BCUT2D eigenvalue weighted by molar-refractivity contribution is 8.08. The summed E-state index contributed by atoms with van der Waals surface area (Å²) in [5.41, 5.74) is 5.25. The second-order valence-electron chi connectivity index (χ2n) is 3.53. The van der Waals surface area contributed by atoms with Gasteiger partial charge < -0.3 is 5.73 Å². The van der Waals surface area contributed by atoms with Crippen molar-refractivity contribution in [2.75, 3.05) is 6.26 Å². The van der Waals surface area contributed by atoms with Crippen LogP contribution in [0.4, 0.5) is 0 Å². The van der Waals surface area contributed by atoms with E-state index in [2.05, 4.69) is 0 Å². The Kier molecular flexibility index (Phi) is 3.70. The fraction of sp³-hybridized carbons (Fsp3) is 0.0769. The van der Waals surface area contributed by atoms with Crippen LogP contribution in [0.3, 0.4) is 0 Å². The Morgan fingerprint density at radius 2 is 2.17 bits per heavy atom. The molecule has 2 N–H and O–H groups in total. The first-order valence-electron chi connectivity index (χ1n) is 5.14. The van der Waals surface area contributed by atoms with Crippen molar-refractivity contribution in [3.8, 4) is 6.07 Å². The molecule has 0 unspecified atom stereocenters. The number of hydrogen-bond donors (Lipinski definition) is 1. The summed E-state index contributed by atoms with van der Waals surface area (Å²) in [6.07, 6.45) is 1.83. The zero-order valence-electron chi connectivity index (χ0n) is 9.64. The SMILES string of the molecule is CS/C(=C(/C#N)C(N)=O)c1cc2ccccc2s1. The largest absolute Gasteiger partial charge is 0.365 e. The van der Waals surface area contributed by atoms with Crippen LogP contribution in [0.15, 0.2) is 35.9 Å². The standard InChI is InChI=1S/C13H10N2OS2/c1-17-12(9(7-14)13(15)16)11-6-8-4-2-3-5-10(8)18-11/h2-6H,1H3,(H2,15,16)/b12-9-. The number of thioether (sulfide) groups is 1. The first kappa shape index (κ1) is 12.7. The molecule has 0 fully saturated rings. The van der Waals surface area contributed by atoms with E-state index >= 15 is 0 Å². The molecule has 90 valence electrons. The summed E-state index contributed by atoms with van der Waals surface area (Å²) >= 11 is 2.92. The van der Waals surface area contributed by atoms with Crippen molar-refractivity contribution >= 4 is 44.0 Å². The minimum Gasteiger partial charge on any atom is -0.365 e. The number of nitrogens with two attached hydrogens (primary N) is 1. The lowest BCUT2D eigenvalue weighted by Gasteiger charge is -2.02. The summed E-state index contributed by atoms with van der Waals surface area (Å²) < 4.78 is 1.13. The third-order valence-corrected chi connectivity index (χ3v) is 4.53. The van der Waals surface area contributed by atoms with E-state index in [4.69, 9.17) is 11.0 Å². The third kappa shape index (κ3) is 2.26. The summed E-state index contributed by atoms with van der Waals surface area (Å²) in [6.45, 7) is 0. The number of carbonyl (C=O) groups excluding carboxylic acids is 1. The molecule has 0 radical (unpaired) electrons. The van der Waals surface area contributed by atoms with E-state index in [-0.39, 0.29) is 5.57 Å². The lowest BCUT2D eigenvalue weighted by molar-refractivity contribution is -0.114. The van der Waals surface area contributed by atoms with Crippen molar-refractivity contribution in [1.82, 2.24) is 0 Å². The summed E-state index contributed by atoms with van der Waals surface area (Å²) in [4.78, 5) is 12.8. The van der Waals surface area contributed by atoms with Gasteiger partial charge in [0.1, 0.15) is 11.6 Å². The summed E-state index contributed by atoms with van der Waals surface area (Å²) in [7, 11) is 0. The minimum atomic E-state index is -0.681. The van der Waals surface area contributed by atoms with Crippen LogP contribution in [0, 0.1) is 11.3 Å². The highest BCUT2D eigenvalue weighted by atomic mass is 32.2. The fourth-order valence-electron chi connectivity index (χ4n) is 1.64. The van der Waals surface area contributed by atoms with Crippen LogP contribution in [-0.2, 0) is 4.79 Å². The molecule has 0 aliphatic rings. The Morgan fingerprint density at radius 1 is 1.44 bits per heavy atom. The van der Waals surface area contributed by atoms with Gasteiger partial charge in [-0.3, -0.25) is 4.79 Å². The predicted octanol–water partition coefficient (Wildman–Crippen LogP) is 2.98. The smallest absolute Gasteiger partial charge is 0.260 e. The van der Waals surface area contributed by atoms with Gasteiger partial charge in [-0.1, -0.05) is 18.2 Å². The van der Waals surface area contributed by atoms with Crippen LogP contribution >= 0.6 is 23.1 Å². The Labute approximate surface area is 113 Å². The molecule has 5 heteroatoms. The highest BCUT2D eigenvalue weighted by Gasteiger charge is 2.15. The van der Waals surface area contributed by atoms with Gasteiger partial charge >= 0.3 is 0 Å². The number of primary amides is 1. The number of fused-ring (bicyclic) bond motifs is 1. The zero-order valence-corrected chi connectivity index (χ0v) is 11.3. The van der Waals surface area contributed by atoms with Crippen LogP contribution in [0.25, 0.3) is 15.0 Å². The Bertz CT molecular complexity index is 647. The molecule has 0 atom stereocenters. The van der Waals surface area contributed by atoms with Crippen molar-refractivity contribution in [3.05, 3.63) is 40.8 Å². The van der Waals surface area contributed by atoms with Crippen molar-refractivity contribution in [2.45, 2.75) is 0 Å². The van der Waals surface area contributed by atoms with E-state index in [1.54, 1.807) is 11.3 Å². The average molecular weight is 274 g/mol. The molecule has 0 aliphatic carbocycles. The van der Waals surface area contributed by atoms with Crippen LogP contribution in [0.1, 0.15) is 4.88 Å². The summed E-state index contributed by atoms with van der Waals surface area (Å²) in [5, 5.41) is 10.1. The van der Waals surface area contributed by atoms with E-state index in [9.17, 15) is 4.79 Å². The molecule has 2 rings (SSSR count). The molecule has 0 aliphatic heterocycles. The number of rotatable bonds is 3. The number of nitriles is 1. The van der Waals surface area contributed by atoms with Gasteiger partial charge in [0, 0.05) is 14.5 Å². The van der Waals surface area contributed by atoms with Gasteiger partial charge in [0.2, 0.25) is 0 Å². The molecule has 2 aromatic rings. The zero-order chi connectivity index (χ0) is 13.1. The number of carbonyl (C=O) groups is 1. The molecular weight excluding hydrogens is 264 g/mol. The number of thiophene rings is 1. The Hall–Kier alpha value is -1.77. The van der Waals surface area contributed by atoms with E-state index < -0.39 is 5.91 Å². The number of nitrogens with zero attached hydrogens (tertiary/aromatic N) is 1. The maximum atomic E-state index is 11.3. The predicted molar refractivity (Wildman–Crippen MR) is 77.1 cm³/mol. The van der Waals surface area contributed by atoms with E-state index in [1.165, 1.54) is 11.8 Å². The van der Waals surface area contributed by atoms with E-state index in [0.29, 0.717) is 4.91 Å². The lowest BCUT2D eigenvalue weighted by Crippen LogP contribution is -2.13. The second-order valence-corrected chi connectivity index (χ2v) is 5.43. The second kappa shape index (κ2) is 5.25. The van der Waals surface area contributed by atoms with Gasteiger partial charge in [-0.05, 0) is 23.8 Å². The molecule has 0 bridgehead atoms. The topological polar surface area (TPSA) is 66.9 Å². The van der Waals surface area contributed by atoms with Gasteiger partial charge in [-0.15, -0.1) is 23.1 Å². The molecule has 1 amide bonds. The monoisotopic (exact) mass is 274 g/mol. The molecule has 0 saturated heterocycles. The summed E-state index contributed by atoms with van der Waals surface area (Å²) in [6, 6.07) is 11.8. The van der Waals surface area contributed by atoms with Gasteiger partial charge in [-0.25, -0.2) is 0 Å². The molecule has 1 aromatic carbocycles. The molecule has 3 nitrogen and oxygen atoms in total. The Balaban J connectivity index is 2.64. The number of amides is 1. The molecule has 0 spiro atoms. The fourth-order valence-corrected chi connectivity index (χ4v) is 3.63.